The number of urea groups is 1. The van der Waals surface area contributed by atoms with E-state index in [4.69, 9.17) is 4.74 Å². The average Bonchev–Trinajstić information content (AvgIpc) is 3.30. The molecule has 200 valence electrons. The summed E-state index contributed by atoms with van der Waals surface area (Å²) in [6, 6.07) is 9.55. The van der Waals surface area contributed by atoms with E-state index in [0.29, 0.717) is 18.5 Å². The molecule has 2 aromatic rings. The molecule has 2 aliphatic carbocycles. The van der Waals surface area contributed by atoms with Crippen molar-refractivity contribution in [2.45, 2.75) is 63.6 Å². The van der Waals surface area contributed by atoms with Crippen LogP contribution in [0.5, 0.6) is 0 Å². The van der Waals surface area contributed by atoms with Gasteiger partial charge in [-0.2, -0.15) is 0 Å². The number of fused-ring (bicyclic) bond motifs is 1. The van der Waals surface area contributed by atoms with Crippen molar-refractivity contribution in [2.75, 3.05) is 0 Å². The van der Waals surface area contributed by atoms with Crippen molar-refractivity contribution >= 4 is 24.1 Å². The van der Waals surface area contributed by atoms with Crippen LogP contribution in [-0.2, 0) is 9.53 Å². The van der Waals surface area contributed by atoms with Gasteiger partial charge in [-0.15, -0.1) is 0 Å². The van der Waals surface area contributed by atoms with Crippen molar-refractivity contribution in [3.63, 3.8) is 0 Å². The highest BCUT2D eigenvalue weighted by atomic mass is 19.1. The Balaban J connectivity index is 1.33. The second kappa shape index (κ2) is 9.85. The fraction of sp³-hybridized carbons (Fsp3) is 0.448. The van der Waals surface area contributed by atoms with Crippen LogP contribution in [0.25, 0.3) is 17.2 Å². The molecule has 3 N–H and O–H groups in total. The molecule has 5 rings (SSSR count). The fourth-order valence-electron chi connectivity index (χ4n) is 6.25. The summed E-state index contributed by atoms with van der Waals surface area (Å²) in [5.74, 6) is -0.520. The Kier molecular flexibility index (Phi) is 6.71. The highest BCUT2D eigenvalue weighted by Crippen LogP contribution is 2.52. The van der Waals surface area contributed by atoms with Crippen LogP contribution in [0, 0.1) is 23.6 Å². The molecule has 3 fully saturated rings. The van der Waals surface area contributed by atoms with Gasteiger partial charge in [0.25, 0.3) is 5.91 Å². The smallest absolute Gasteiger partial charge is 0.407 e. The lowest BCUT2D eigenvalue weighted by Crippen LogP contribution is -2.50. The van der Waals surface area contributed by atoms with Crippen molar-refractivity contribution in [1.29, 1.82) is 0 Å². The zero-order valence-electron chi connectivity index (χ0n) is 21.8. The zero-order valence-corrected chi connectivity index (χ0v) is 21.8. The summed E-state index contributed by atoms with van der Waals surface area (Å²) in [6.45, 7) is 5.48. The molecule has 1 aromatic carbocycles. The topological polar surface area (TPSA) is 109 Å². The lowest BCUT2D eigenvalue weighted by molar-refractivity contribution is -0.124. The van der Waals surface area contributed by atoms with E-state index >= 15 is 0 Å². The minimum absolute atomic E-state index is 0.0527. The van der Waals surface area contributed by atoms with Crippen LogP contribution in [0.15, 0.2) is 48.7 Å². The number of benzene rings is 1. The molecule has 5 atom stereocenters. The summed E-state index contributed by atoms with van der Waals surface area (Å²) in [5.41, 5.74) is 0.647. The van der Waals surface area contributed by atoms with Crippen LogP contribution < -0.4 is 16.0 Å². The molecule has 2 saturated carbocycles. The molecule has 5 unspecified atom stereocenters. The Morgan fingerprint density at radius 3 is 2.66 bits per heavy atom. The van der Waals surface area contributed by atoms with E-state index in [2.05, 4.69) is 20.9 Å². The van der Waals surface area contributed by atoms with Gasteiger partial charge in [0.15, 0.2) is 0 Å². The number of ether oxygens (including phenoxy) is 1. The second-order valence-corrected chi connectivity index (χ2v) is 11.5. The first-order valence-corrected chi connectivity index (χ1v) is 13.1. The van der Waals surface area contributed by atoms with E-state index < -0.39 is 23.3 Å². The third-order valence-corrected chi connectivity index (χ3v) is 7.76. The Bertz CT molecular complexity index is 1270. The van der Waals surface area contributed by atoms with Gasteiger partial charge in [-0.05, 0) is 88.1 Å². The average molecular weight is 521 g/mol. The Morgan fingerprint density at radius 1 is 1.18 bits per heavy atom. The minimum Gasteiger partial charge on any atom is -0.444 e. The molecular weight excluding hydrogens is 487 g/mol. The Morgan fingerprint density at radius 2 is 2.00 bits per heavy atom. The van der Waals surface area contributed by atoms with Crippen LogP contribution in [0.4, 0.5) is 14.0 Å². The molecule has 1 aromatic heterocycles. The lowest BCUT2D eigenvalue weighted by Gasteiger charge is -2.34. The number of hydrogen-bond donors (Lipinski definition) is 3. The Hall–Kier alpha value is -3.75. The van der Waals surface area contributed by atoms with E-state index in [1.165, 1.54) is 12.1 Å². The maximum Gasteiger partial charge on any atom is 0.407 e. The van der Waals surface area contributed by atoms with Crippen molar-refractivity contribution in [3.05, 3.63) is 60.2 Å². The van der Waals surface area contributed by atoms with Gasteiger partial charge in [-0.1, -0.05) is 24.3 Å². The number of carbonyl (C=O) groups excluding carboxylic acids is 3. The number of nitrogens with zero attached hydrogens (tertiary/aromatic N) is 1. The van der Waals surface area contributed by atoms with Gasteiger partial charge < -0.3 is 15.4 Å². The van der Waals surface area contributed by atoms with Gasteiger partial charge in [-0.3, -0.25) is 15.1 Å². The number of aromatic nitrogens is 1. The maximum absolute atomic E-state index is 13.6. The summed E-state index contributed by atoms with van der Waals surface area (Å²) in [7, 11) is 0. The van der Waals surface area contributed by atoms with E-state index in [9.17, 15) is 18.8 Å². The van der Waals surface area contributed by atoms with Gasteiger partial charge >= 0.3 is 12.1 Å². The number of nitrogens with one attached hydrogen (secondary N) is 3. The quantitative estimate of drug-likeness (QED) is 0.502. The first-order valence-electron chi connectivity index (χ1n) is 13.1. The molecule has 1 spiro atoms. The number of alkyl carbamates (subject to hydrolysis) is 1. The van der Waals surface area contributed by atoms with E-state index in [1.807, 2.05) is 51.1 Å². The number of pyridine rings is 1. The van der Waals surface area contributed by atoms with Crippen molar-refractivity contribution in [1.82, 2.24) is 20.9 Å². The number of hydrogen-bond acceptors (Lipinski definition) is 5. The Labute approximate surface area is 221 Å². The van der Waals surface area contributed by atoms with Crippen LogP contribution in [0.2, 0.25) is 0 Å². The predicted molar refractivity (Wildman–Crippen MR) is 140 cm³/mol. The van der Waals surface area contributed by atoms with E-state index in [0.717, 1.165) is 24.0 Å². The summed E-state index contributed by atoms with van der Waals surface area (Å²) in [4.78, 5) is 42.1. The van der Waals surface area contributed by atoms with Gasteiger partial charge in [0.05, 0.1) is 5.69 Å². The highest BCUT2D eigenvalue weighted by molar-refractivity contribution is 6.07. The standard InChI is InChI=1S/C29H33FN4O4/c1-28(2,3)38-27(37)32-22-9-11-23-19(14-22)15-29(25(35)33-26(36)34-29)24(23)12-10-21-8-7-18(16-31-21)17-5-4-6-20(30)13-17/h4-8,10,12-13,16,19,22-24H,9,11,14-15H2,1-3H3,(H,32,37)(H2,33,34,35,36)/b12-10+. The molecule has 4 amide bonds. The highest BCUT2D eigenvalue weighted by Gasteiger charge is 2.61. The number of rotatable bonds is 4. The van der Waals surface area contributed by atoms with Crippen molar-refractivity contribution in [2.24, 2.45) is 17.8 Å². The molecule has 3 aliphatic rings. The molecule has 0 radical (unpaired) electrons. The van der Waals surface area contributed by atoms with Crippen LogP contribution in [0.3, 0.4) is 0 Å². The number of halogens is 1. The van der Waals surface area contributed by atoms with Crippen molar-refractivity contribution in [3.8, 4) is 11.1 Å². The third kappa shape index (κ3) is 5.28. The summed E-state index contributed by atoms with van der Waals surface area (Å²) < 4.78 is 19.0. The van der Waals surface area contributed by atoms with Gasteiger partial charge in [0.1, 0.15) is 17.0 Å². The third-order valence-electron chi connectivity index (χ3n) is 7.76. The van der Waals surface area contributed by atoms with Crippen LogP contribution >= 0.6 is 0 Å². The SMILES string of the molecule is CC(C)(C)OC(=O)NC1CCC2C(C1)CC1(NC(=O)NC1=O)C2/C=C/c1ccc(-c2cccc(F)c2)cn1. The molecule has 8 nitrogen and oxygen atoms in total. The lowest BCUT2D eigenvalue weighted by atomic mass is 9.74. The van der Waals surface area contributed by atoms with Crippen LogP contribution in [-0.4, -0.2) is 40.2 Å². The van der Waals surface area contributed by atoms with Gasteiger partial charge in [0.2, 0.25) is 0 Å². The van der Waals surface area contributed by atoms with E-state index in [1.54, 1.807) is 12.3 Å². The maximum atomic E-state index is 13.6. The number of imide groups is 1. The molecule has 1 saturated heterocycles. The largest absolute Gasteiger partial charge is 0.444 e. The van der Waals surface area contributed by atoms with Gasteiger partial charge in [-0.25, -0.2) is 14.0 Å². The summed E-state index contributed by atoms with van der Waals surface area (Å²) in [5, 5.41) is 8.33. The molecular formula is C29H33FN4O4. The molecule has 38 heavy (non-hydrogen) atoms. The van der Waals surface area contributed by atoms with Crippen LogP contribution in [0.1, 0.15) is 52.1 Å². The molecule has 2 heterocycles. The normalized spacial score (nSPS) is 28.7. The fourth-order valence-corrected chi connectivity index (χ4v) is 6.25. The zero-order chi connectivity index (χ0) is 27.1. The van der Waals surface area contributed by atoms with E-state index in [-0.39, 0.29) is 35.5 Å². The summed E-state index contributed by atoms with van der Waals surface area (Å²) in [6.07, 6.45) is 7.90. The van der Waals surface area contributed by atoms with Gasteiger partial charge in [0, 0.05) is 23.7 Å². The first-order chi connectivity index (χ1) is 18.0. The predicted octanol–water partition coefficient (Wildman–Crippen LogP) is 4.81. The minimum atomic E-state index is -1.02. The second-order valence-electron chi connectivity index (χ2n) is 11.5. The van der Waals surface area contributed by atoms with Crippen molar-refractivity contribution < 1.29 is 23.5 Å². The first kappa shape index (κ1) is 25.9. The monoisotopic (exact) mass is 520 g/mol. The summed E-state index contributed by atoms with van der Waals surface area (Å²) >= 11 is 0. The molecule has 0 bridgehead atoms. The molecule has 9 heteroatoms. The number of carbonyl (C=O) groups is 3. The molecule has 1 aliphatic heterocycles. The number of amides is 4.